The van der Waals surface area contributed by atoms with Crippen LogP contribution >= 0.6 is 0 Å². The lowest BCUT2D eigenvalue weighted by Crippen LogP contribution is -2.60. The zero-order valence-electron chi connectivity index (χ0n) is 23.0. The van der Waals surface area contributed by atoms with Crippen LogP contribution in [-0.4, -0.2) is 84.6 Å². The number of nitrogens with zero attached hydrogens (tertiary/aromatic N) is 2. The van der Waals surface area contributed by atoms with Crippen molar-refractivity contribution >= 4 is 5.97 Å². The lowest BCUT2D eigenvalue weighted by molar-refractivity contribution is -0.170. The Morgan fingerprint density at radius 2 is 1.64 bits per heavy atom. The molecule has 204 valence electrons. The van der Waals surface area contributed by atoms with E-state index in [9.17, 15) is 9.90 Å². The van der Waals surface area contributed by atoms with Crippen molar-refractivity contribution < 1.29 is 19.4 Å². The fourth-order valence-electron chi connectivity index (χ4n) is 10.5. The lowest BCUT2D eigenvalue weighted by atomic mass is 9.44. The summed E-state index contributed by atoms with van der Waals surface area (Å²) in [6, 6.07) is 0.670. The monoisotopic (exact) mass is 502 g/mol. The summed E-state index contributed by atoms with van der Waals surface area (Å²) in [5.74, 6) is 2.62. The molecule has 0 bridgehead atoms. The molecule has 0 amide bonds. The molecule has 10 atom stereocenters. The summed E-state index contributed by atoms with van der Waals surface area (Å²) in [6.45, 7) is 12.7. The average molecular weight is 503 g/mol. The van der Waals surface area contributed by atoms with Crippen LogP contribution in [0.15, 0.2) is 0 Å². The van der Waals surface area contributed by atoms with Gasteiger partial charge in [0.25, 0.3) is 0 Å². The van der Waals surface area contributed by atoms with E-state index in [-0.39, 0.29) is 29.6 Å². The molecule has 4 aliphatic carbocycles. The first-order valence-electron chi connectivity index (χ1n) is 15.2. The summed E-state index contributed by atoms with van der Waals surface area (Å²) in [6.07, 6.45) is 11.7. The third-order valence-electron chi connectivity index (χ3n) is 12.2. The minimum atomic E-state index is -0.203. The highest BCUT2D eigenvalue weighted by Crippen LogP contribution is 2.67. The first-order chi connectivity index (χ1) is 17.3. The van der Waals surface area contributed by atoms with Crippen molar-refractivity contribution in [2.45, 2.75) is 109 Å². The highest BCUT2D eigenvalue weighted by molar-refractivity contribution is 5.66. The minimum Gasteiger partial charge on any atom is -0.460 e. The summed E-state index contributed by atoms with van der Waals surface area (Å²) in [7, 11) is 0. The van der Waals surface area contributed by atoms with Gasteiger partial charge in [-0.1, -0.05) is 13.8 Å². The second kappa shape index (κ2) is 9.81. The number of ether oxygens (including phenoxy) is 2. The van der Waals surface area contributed by atoms with E-state index in [4.69, 9.17) is 9.47 Å². The number of hydrogen-bond donors (Lipinski definition) is 1. The highest BCUT2D eigenvalue weighted by Gasteiger charge is 2.65. The molecule has 0 aromatic rings. The SMILES string of the molecule is CC(=O)OC1C(N2CCCC2)CC2C3CCC4CC(O)C(N5CCCOCC5)CC4(C)C3CCC21C. The number of aliphatic hydroxyl groups is 1. The van der Waals surface area contributed by atoms with Crippen LogP contribution in [0.2, 0.25) is 0 Å². The maximum absolute atomic E-state index is 12.3. The Hall–Kier alpha value is -0.690. The van der Waals surface area contributed by atoms with E-state index in [0.717, 1.165) is 70.5 Å². The van der Waals surface area contributed by atoms with Gasteiger partial charge in [0.2, 0.25) is 0 Å². The molecule has 2 heterocycles. The van der Waals surface area contributed by atoms with Crippen molar-refractivity contribution in [3.05, 3.63) is 0 Å². The number of fused-ring (bicyclic) bond motifs is 5. The van der Waals surface area contributed by atoms with Crippen molar-refractivity contribution in [3.63, 3.8) is 0 Å². The molecule has 2 aliphatic heterocycles. The van der Waals surface area contributed by atoms with Gasteiger partial charge in [-0.05, 0) is 106 Å². The molecule has 6 rings (SSSR count). The quantitative estimate of drug-likeness (QED) is 0.587. The van der Waals surface area contributed by atoms with Crippen LogP contribution in [-0.2, 0) is 14.3 Å². The molecule has 0 aromatic carbocycles. The summed E-state index contributed by atoms with van der Waals surface area (Å²) in [4.78, 5) is 17.5. The number of carbonyl (C=O) groups excluding carboxylic acids is 1. The molecular formula is C30H50N2O4. The van der Waals surface area contributed by atoms with E-state index in [0.29, 0.717) is 23.3 Å². The molecule has 6 fully saturated rings. The van der Waals surface area contributed by atoms with Crippen LogP contribution in [0.3, 0.4) is 0 Å². The van der Waals surface area contributed by atoms with Crippen LogP contribution in [0.25, 0.3) is 0 Å². The first kappa shape index (κ1) is 25.6. The van der Waals surface area contributed by atoms with Crippen molar-refractivity contribution in [1.29, 1.82) is 0 Å². The topological polar surface area (TPSA) is 62.2 Å². The summed E-state index contributed by atoms with van der Waals surface area (Å²) in [5, 5.41) is 11.3. The van der Waals surface area contributed by atoms with Crippen LogP contribution in [0, 0.1) is 34.5 Å². The molecule has 36 heavy (non-hydrogen) atoms. The zero-order chi connectivity index (χ0) is 25.1. The molecule has 0 radical (unpaired) electrons. The predicted molar refractivity (Wildman–Crippen MR) is 139 cm³/mol. The van der Waals surface area contributed by atoms with E-state index < -0.39 is 0 Å². The standard InChI is InChI=1S/C30H50N2O4/c1-20(33)36-28-25(31-11-4-5-12-31)18-24-22-8-7-21-17-27(34)26(32-13-6-15-35-16-14-32)19-30(21,3)23(22)9-10-29(24,28)2/h21-28,34H,4-19H2,1-3H3. The Bertz CT molecular complexity index is 809. The van der Waals surface area contributed by atoms with Crippen LogP contribution in [0.5, 0.6) is 0 Å². The average Bonchev–Trinajstić information content (AvgIpc) is 3.37. The molecule has 0 aromatic heterocycles. The fraction of sp³-hybridized carbons (Fsp3) is 0.967. The van der Waals surface area contributed by atoms with Gasteiger partial charge < -0.3 is 14.6 Å². The normalized spacial score (nSPS) is 50.1. The number of aliphatic hydroxyl groups excluding tert-OH is 1. The van der Waals surface area contributed by atoms with Crippen LogP contribution < -0.4 is 0 Å². The summed E-state index contributed by atoms with van der Waals surface area (Å²) < 4.78 is 12.0. The second-order valence-electron chi connectivity index (χ2n) is 13.9. The summed E-state index contributed by atoms with van der Waals surface area (Å²) in [5.41, 5.74) is 0.392. The number of esters is 1. The number of hydrogen-bond acceptors (Lipinski definition) is 6. The Labute approximate surface area is 218 Å². The van der Waals surface area contributed by atoms with Gasteiger partial charge in [-0.25, -0.2) is 0 Å². The van der Waals surface area contributed by atoms with Gasteiger partial charge >= 0.3 is 5.97 Å². The molecule has 6 aliphatic rings. The van der Waals surface area contributed by atoms with Crippen LogP contribution in [0.4, 0.5) is 0 Å². The molecule has 6 heteroatoms. The number of carbonyl (C=O) groups is 1. The number of likely N-dealkylation sites (tertiary alicyclic amines) is 1. The van der Waals surface area contributed by atoms with Gasteiger partial charge in [-0.2, -0.15) is 0 Å². The van der Waals surface area contributed by atoms with Gasteiger partial charge in [-0.15, -0.1) is 0 Å². The lowest BCUT2D eigenvalue weighted by Gasteiger charge is -2.62. The van der Waals surface area contributed by atoms with Crippen molar-refractivity contribution in [2.75, 3.05) is 39.4 Å². The summed E-state index contributed by atoms with van der Waals surface area (Å²) >= 11 is 0. The van der Waals surface area contributed by atoms with Gasteiger partial charge in [-0.3, -0.25) is 14.6 Å². The van der Waals surface area contributed by atoms with Gasteiger partial charge in [0, 0.05) is 44.1 Å². The fourth-order valence-corrected chi connectivity index (χ4v) is 10.5. The van der Waals surface area contributed by atoms with Crippen molar-refractivity contribution in [3.8, 4) is 0 Å². The Morgan fingerprint density at radius 3 is 2.42 bits per heavy atom. The third-order valence-corrected chi connectivity index (χ3v) is 12.2. The van der Waals surface area contributed by atoms with E-state index in [2.05, 4.69) is 23.6 Å². The predicted octanol–water partition coefficient (Wildman–Crippen LogP) is 4.10. The first-order valence-corrected chi connectivity index (χ1v) is 15.2. The van der Waals surface area contributed by atoms with E-state index >= 15 is 0 Å². The van der Waals surface area contributed by atoms with Crippen molar-refractivity contribution in [2.24, 2.45) is 34.5 Å². The Morgan fingerprint density at radius 1 is 0.889 bits per heavy atom. The molecule has 6 nitrogen and oxygen atoms in total. The van der Waals surface area contributed by atoms with E-state index in [1.165, 1.54) is 44.9 Å². The Kier molecular flexibility index (Phi) is 6.97. The van der Waals surface area contributed by atoms with Gasteiger partial charge in [0.1, 0.15) is 6.10 Å². The maximum atomic E-state index is 12.3. The molecule has 1 N–H and O–H groups in total. The Balaban J connectivity index is 1.26. The van der Waals surface area contributed by atoms with Crippen molar-refractivity contribution in [1.82, 2.24) is 9.80 Å². The second-order valence-corrected chi connectivity index (χ2v) is 13.9. The minimum absolute atomic E-state index is 0.0441. The third kappa shape index (κ3) is 4.17. The zero-order valence-corrected chi connectivity index (χ0v) is 23.0. The highest BCUT2D eigenvalue weighted by atomic mass is 16.5. The molecular weight excluding hydrogens is 452 g/mol. The maximum Gasteiger partial charge on any atom is 0.302 e. The van der Waals surface area contributed by atoms with E-state index in [1.807, 2.05) is 0 Å². The van der Waals surface area contributed by atoms with Crippen LogP contribution in [0.1, 0.15) is 85.0 Å². The van der Waals surface area contributed by atoms with E-state index in [1.54, 1.807) is 6.92 Å². The molecule has 4 saturated carbocycles. The largest absolute Gasteiger partial charge is 0.460 e. The molecule has 0 spiro atoms. The number of rotatable bonds is 3. The molecule has 10 unspecified atom stereocenters. The van der Waals surface area contributed by atoms with Gasteiger partial charge in [0.05, 0.1) is 12.7 Å². The molecule has 2 saturated heterocycles. The van der Waals surface area contributed by atoms with Gasteiger partial charge in [0.15, 0.2) is 0 Å². The smallest absolute Gasteiger partial charge is 0.302 e.